The molecule has 6 nitrogen and oxygen atoms in total. The number of nitrogens with two attached hydrogens (primary N) is 1. The fraction of sp³-hybridized carbons (Fsp3) is 0.417. The molecule has 0 radical (unpaired) electrons. The van der Waals surface area contributed by atoms with Gasteiger partial charge in [-0.25, -0.2) is 0 Å². The van der Waals surface area contributed by atoms with Crippen LogP contribution >= 0.6 is 0 Å². The van der Waals surface area contributed by atoms with Crippen LogP contribution in [0.3, 0.4) is 0 Å². The lowest BCUT2D eigenvalue weighted by molar-refractivity contribution is -0.125. The summed E-state index contributed by atoms with van der Waals surface area (Å²) in [7, 11) is 0. The maximum absolute atomic E-state index is 11.5. The second kappa shape index (κ2) is 7.39. The molecular formula is C12H18N4O2. The summed E-state index contributed by atoms with van der Waals surface area (Å²) in [6, 6.07) is 2.88. The third-order valence-electron chi connectivity index (χ3n) is 2.30. The molecule has 6 heteroatoms. The molecule has 1 heterocycles. The molecule has 0 fully saturated rings. The van der Waals surface area contributed by atoms with Gasteiger partial charge in [-0.15, -0.1) is 0 Å². The van der Waals surface area contributed by atoms with Crippen LogP contribution in [0.5, 0.6) is 0 Å². The minimum absolute atomic E-state index is 0.0921. The van der Waals surface area contributed by atoms with Gasteiger partial charge in [-0.1, -0.05) is 13.3 Å². The highest BCUT2D eigenvalue weighted by molar-refractivity contribution is 5.95. The van der Waals surface area contributed by atoms with E-state index in [-0.39, 0.29) is 18.4 Å². The molecule has 2 amide bonds. The first-order valence-corrected chi connectivity index (χ1v) is 5.86. The predicted molar refractivity (Wildman–Crippen MR) is 68.8 cm³/mol. The Balaban J connectivity index is 2.31. The van der Waals surface area contributed by atoms with Crippen LogP contribution in [0.15, 0.2) is 24.5 Å². The average Bonchev–Trinajstić information content (AvgIpc) is 2.37. The summed E-state index contributed by atoms with van der Waals surface area (Å²) in [6.45, 7) is 1.85. The molecule has 0 aromatic carbocycles. The molecule has 1 rings (SSSR count). The Morgan fingerprint density at radius 3 is 2.89 bits per heavy atom. The summed E-state index contributed by atoms with van der Waals surface area (Å²) in [6.07, 6.45) is 4.58. The standard InChI is InChI=1S/C12H18N4O2/c1-2-4-10(13)12(18)15-8-11(17)16-9-5-3-6-14-7-9/h3,5-7,10H,2,4,8,13H2,1H3,(H,15,18)(H,16,17). The summed E-state index contributed by atoms with van der Waals surface area (Å²) >= 11 is 0. The molecule has 0 aliphatic carbocycles. The summed E-state index contributed by atoms with van der Waals surface area (Å²) < 4.78 is 0. The van der Waals surface area contributed by atoms with Crippen molar-refractivity contribution in [1.29, 1.82) is 0 Å². The van der Waals surface area contributed by atoms with E-state index in [2.05, 4.69) is 15.6 Å². The van der Waals surface area contributed by atoms with Crippen molar-refractivity contribution in [2.45, 2.75) is 25.8 Å². The largest absolute Gasteiger partial charge is 0.346 e. The highest BCUT2D eigenvalue weighted by Crippen LogP contribution is 2.01. The maximum Gasteiger partial charge on any atom is 0.243 e. The van der Waals surface area contributed by atoms with Crippen LogP contribution in [0.2, 0.25) is 0 Å². The summed E-state index contributed by atoms with van der Waals surface area (Å²) in [5.74, 6) is -0.613. The lowest BCUT2D eigenvalue weighted by atomic mass is 10.2. The van der Waals surface area contributed by atoms with E-state index < -0.39 is 6.04 Å². The average molecular weight is 250 g/mol. The van der Waals surface area contributed by atoms with Gasteiger partial charge in [-0.2, -0.15) is 0 Å². The van der Waals surface area contributed by atoms with Gasteiger partial charge < -0.3 is 16.4 Å². The number of rotatable bonds is 6. The predicted octanol–water partition coefficient (Wildman–Crippen LogP) is 0.264. The Kier molecular flexibility index (Phi) is 5.79. The van der Waals surface area contributed by atoms with E-state index in [0.717, 1.165) is 6.42 Å². The molecule has 18 heavy (non-hydrogen) atoms. The van der Waals surface area contributed by atoms with Crippen LogP contribution in [-0.4, -0.2) is 29.4 Å². The molecule has 1 atom stereocenters. The smallest absolute Gasteiger partial charge is 0.243 e. The van der Waals surface area contributed by atoms with Crippen LogP contribution in [0.4, 0.5) is 5.69 Å². The number of amides is 2. The quantitative estimate of drug-likeness (QED) is 0.674. The van der Waals surface area contributed by atoms with Gasteiger partial charge in [0.25, 0.3) is 0 Å². The number of anilines is 1. The number of hydrogen-bond donors (Lipinski definition) is 3. The van der Waals surface area contributed by atoms with Crippen molar-refractivity contribution in [3.8, 4) is 0 Å². The number of carbonyl (C=O) groups excluding carboxylic acids is 2. The number of hydrogen-bond acceptors (Lipinski definition) is 4. The van der Waals surface area contributed by atoms with E-state index in [1.807, 2.05) is 6.92 Å². The number of aromatic nitrogens is 1. The highest BCUT2D eigenvalue weighted by Gasteiger charge is 2.13. The highest BCUT2D eigenvalue weighted by atomic mass is 16.2. The Morgan fingerprint density at radius 2 is 2.28 bits per heavy atom. The summed E-state index contributed by atoms with van der Waals surface area (Å²) in [5, 5.41) is 5.10. The molecule has 1 aromatic heterocycles. The number of nitrogens with zero attached hydrogens (tertiary/aromatic N) is 1. The van der Waals surface area contributed by atoms with Crippen molar-refractivity contribution in [3.63, 3.8) is 0 Å². The lowest BCUT2D eigenvalue weighted by Gasteiger charge is -2.11. The van der Waals surface area contributed by atoms with Crippen molar-refractivity contribution in [2.75, 3.05) is 11.9 Å². The zero-order valence-electron chi connectivity index (χ0n) is 10.3. The maximum atomic E-state index is 11.5. The normalized spacial score (nSPS) is 11.7. The molecule has 0 saturated heterocycles. The second-order valence-corrected chi connectivity index (χ2v) is 3.90. The molecule has 0 aliphatic rings. The van der Waals surface area contributed by atoms with E-state index >= 15 is 0 Å². The summed E-state index contributed by atoms with van der Waals surface area (Å²) in [4.78, 5) is 26.8. The van der Waals surface area contributed by atoms with Crippen molar-refractivity contribution in [2.24, 2.45) is 5.73 Å². The third-order valence-corrected chi connectivity index (χ3v) is 2.30. The van der Waals surface area contributed by atoms with Crippen LogP contribution in [-0.2, 0) is 9.59 Å². The number of nitrogens with one attached hydrogen (secondary N) is 2. The van der Waals surface area contributed by atoms with Crippen molar-refractivity contribution in [3.05, 3.63) is 24.5 Å². The first-order valence-electron chi connectivity index (χ1n) is 5.86. The van der Waals surface area contributed by atoms with Crippen LogP contribution in [0.1, 0.15) is 19.8 Å². The van der Waals surface area contributed by atoms with Crippen LogP contribution in [0.25, 0.3) is 0 Å². The monoisotopic (exact) mass is 250 g/mol. The Labute approximate surface area is 106 Å². The number of pyridine rings is 1. The molecule has 0 saturated carbocycles. The second-order valence-electron chi connectivity index (χ2n) is 3.90. The molecule has 0 aliphatic heterocycles. The summed E-state index contributed by atoms with van der Waals surface area (Å²) in [5.41, 5.74) is 6.21. The minimum Gasteiger partial charge on any atom is -0.346 e. The van der Waals surface area contributed by atoms with E-state index in [0.29, 0.717) is 12.1 Å². The van der Waals surface area contributed by atoms with E-state index in [9.17, 15) is 9.59 Å². The first-order chi connectivity index (χ1) is 8.63. The van der Waals surface area contributed by atoms with Crippen molar-refractivity contribution >= 4 is 17.5 Å². The van der Waals surface area contributed by atoms with Crippen LogP contribution in [0, 0.1) is 0 Å². The molecule has 4 N–H and O–H groups in total. The fourth-order valence-corrected chi connectivity index (χ4v) is 1.38. The lowest BCUT2D eigenvalue weighted by Crippen LogP contribution is -2.43. The van der Waals surface area contributed by atoms with Crippen LogP contribution < -0.4 is 16.4 Å². The van der Waals surface area contributed by atoms with Gasteiger partial charge in [0.15, 0.2) is 0 Å². The zero-order valence-corrected chi connectivity index (χ0v) is 10.3. The minimum atomic E-state index is -0.554. The third kappa shape index (κ3) is 4.92. The van der Waals surface area contributed by atoms with Gasteiger partial charge in [-0.05, 0) is 18.6 Å². The van der Waals surface area contributed by atoms with Crippen molar-refractivity contribution < 1.29 is 9.59 Å². The van der Waals surface area contributed by atoms with Crippen molar-refractivity contribution in [1.82, 2.24) is 10.3 Å². The van der Waals surface area contributed by atoms with Gasteiger partial charge in [-0.3, -0.25) is 14.6 Å². The van der Waals surface area contributed by atoms with Gasteiger partial charge in [0, 0.05) is 6.20 Å². The molecule has 0 bridgehead atoms. The molecule has 1 aromatic rings. The zero-order chi connectivity index (χ0) is 13.4. The van der Waals surface area contributed by atoms with Gasteiger partial charge in [0.1, 0.15) is 0 Å². The van der Waals surface area contributed by atoms with E-state index in [4.69, 9.17) is 5.73 Å². The molecule has 1 unspecified atom stereocenters. The Bertz CT molecular complexity index is 394. The topological polar surface area (TPSA) is 97.1 Å². The van der Waals surface area contributed by atoms with Gasteiger partial charge in [0.2, 0.25) is 11.8 Å². The molecule has 0 spiro atoms. The fourth-order valence-electron chi connectivity index (χ4n) is 1.38. The van der Waals surface area contributed by atoms with E-state index in [1.165, 1.54) is 6.20 Å². The Hall–Kier alpha value is -1.95. The van der Waals surface area contributed by atoms with Gasteiger partial charge in [0.05, 0.1) is 24.5 Å². The number of carbonyl (C=O) groups is 2. The Morgan fingerprint density at radius 1 is 1.50 bits per heavy atom. The SMILES string of the molecule is CCCC(N)C(=O)NCC(=O)Nc1cccnc1. The van der Waals surface area contributed by atoms with Gasteiger partial charge >= 0.3 is 0 Å². The molecular weight excluding hydrogens is 232 g/mol. The first kappa shape index (κ1) is 14.1. The molecule has 98 valence electrons. The van der Waals surface area contributed by atoms with E-state index in [1.54, 1.807) is 18.3 Å².